The summed E-state index contributed by atoms with van der Waals surface area (Å²) in [5, 5.41) is 20.8. The van der Waals surface area contributed by atoms with E-state index in [2.05, 4.69) is 20.8 Å². The van der Waals surface area contributed by atoms with Gasteiger partial charge in [0.15, 0.2) is 0 Å². The Kier molecular flexibility index (Phi) is 3.70. The van der Waals surface area contributed by atoms with E-state index in [-0.39, 0.29) is 13.2 Å². The van der Waals surface area contributed by atoms with Crippen molar-refractivity contribution >= 4 is 12.0 Å². The minimum Gasteiger partial charge on any atom is -0.481 e. The van der Waals surface area contributed by atoms with Crippen LogP contribution in [0, 0.1) is 5.41 Å². The molecule has 2 unspecified atom stereocenters. The van der Waals surface area contributed by atoms with Gasteiger partial charge in [-0.3, -0.25) is 9.89 Å². The Bertz CT molecular complexity index is 461. The van der Waals surface area contributed by atoms with E-state index in [1.807, 2.05) is 0 Å². The summed E-state index contributed by atoms with van der Waals surface area (Å²) in [5.41, 5.74) is -0.258. The minimum atomic E-state index is -1.09. The number of carbonyl (C=O) groups is 2. The van der Waals surface area contributed by atoms with E-state index >= 15 is 0 Å². The highest BCUT2D eigenvalue weighted by Gasteiger charge is 2.47. The number of hydrogen-bond donors (Lipinski definition) is 4. The molecule has 1 aromatic heterocycles. The number of urea groups is 1. The summed E-state index contributed by atoms with van der Waals surface area (Å²) < 4.78 is 5.15. The van der Waals surface area contributed by atoms with E-state index in [1.165, 1.54) is 0 Å². The molecule has 1 aliphatic heterocycles. The molecule has 0 aromatic carbocycles. The van der Waals surface area contributed by atoms with E-state index in [0.717, 1.165) is 5.56 Å². The predicted molar refractivity (Wildman–Crippen MR) is 64.3 cm³/mol. The second kappa shape index (κ2) is 5.27. The van der Waals surface area contributed by atoms with Gasteiger partial charge in [-0.25, -0.2) is 4.79 Å². The van der Waals surface area contributed by atoms with Gasteiger partial charge in [-0.05, 0) is 6.92 Å². The molecule has 0 spiro atoms. The molecular formula is C11H16N4O4. The van der Waals surface area contributed by atoms with Crippen molar-refractivity contribution in [3.63, 3.8) is 0 Å². The molecule has 1 aromatic rings. The van der Waals surface area contributed by atoms with Crippen LogP contribution in [0.15, 0.2) is 12.4 Å². The summed E-state index contributed by atoms with van der Waals surface area (Å²) in [7, 11) is 0. The number of aromatic nitrogens is 2. The molecule has 0 aliphatic carbocycles. The maximum atomic E-state index is 11.7. The van der Waals surface area contributed by atoms with Gasteiger partial charge in [0.1, 0.15) is 5.41 Å². The maximum absolute atomic E-state index is 11.7. The lowest BCUT2D eigenvalue weighted by molar-refractivity contribution is -0.148. The van der Waals surface area contributed by atoms with Crippen LogP contribution >= 0.6 is 0 Å². The number of carbonyl (C=O) groups excluding carboxylic acids is 1. The van der Waals surface area contributed by atoms with Crippen LogP contribution in [0.3, 0.4) is 0 Å². The summed E-state index contributed by atoms with van der Waals surface area (Å²) in [6.07, 6.45) is 3.26. The second-order valence-corrected chi connectivity index (χ2v) is 4.72. The molecule has 0 bridgehead atoms. The molecule has 19 heavy (non-hydrogen) atoms. The van der Waals surface area contributed by atoms with Crippen LogP contribution < -0.4 is 10.6 Å². The van der Waals surface area contributed by atoms with Gasteiger partial charge in [0, 0.05) is 18.3 Å². The van der Waals surface area contributed by atoms with Crippen LogP contribution in [0.1, 0.15) is 12.5 Å². The number of aliphatic carboxylic acids is 1. The third-order valence-corrected chi connectivity index (χ3v) is 3.26. The first-order valence-electron chi connectivity index (χ1n) is 5.85. The first-order valence-corrected chi connectivity index (χ1v) is 5.85. The first-order chi connectivity index (χ1) is 9.02. The summed E-state index contributed by atoms with van der Waals surface area (Å²) in [6.45, 7) is 2.17. The van der Waals surface area contributed by atoms with Gasteiger partial charge in [0.2, 0.25) is 0 Å². The summed E-state index contributed by atoms with van der Waals surface area (Å²) >= 11 is 0. The van der Waals surface area contributed by atoms with Crippen LogP contribution in [0.4, 0.5) is 4.79 Å². The molecule has 2 heterocycles. The molecular weight excluding hydrogens is 252 g/mol. The van der Waals surface area contributed by atoms with Crippen molar-refractivity contribution in [2.45, 2.75) is 19.5 Å². The molecule has 4 N–H and O–H groups in total. The summed E-state index contributed by atoms with van der Waals surface area (Å²) in [5.74, 6) is -0.981. The first kappa shape index (κ1) is 13.3. The Balaban J connectivity index is 1.86. The molecule has 0 saturated carbocycles. The number of aromatic amines is 1. The zero-order chi connectivity index (χ0) is 13.9. The van der Waals surface area contributed by atoms with Crippen molar-refractivity contribution in [1.82, 2.24) is 20.8 Å². The monoisotopic (exact) mass is 268 g/mol. The van der Waals surface area contributed by atoms with Gasteiger partial charge in [0.05, 0.1) is 25.5 Å². The van der Waals surface area contributed by atoms with Gasteiger partial charge in [-0.2, -0.15) is 5.10 Å². The van der Waals surface area contributed by atoms with Gasteiger partial charge in [-0.1, -0.05) is 0 Å². The average Bonchev–Trinajstić information content (AvgIpc) is 2.98. The van der Waals surface area contributed by atoms with E-state index in [0.29, 0.717) is 6.54 Å². The fraction of sp³-hybridized carbons (Fsp3) is 0.545. The molecule has 8 heteroatoms. The van der Waals surface area contributed by atoms with E-state index in [4.69, 9.17) is 4.74 Å². The van der Waals surface area contributed by atoms with Crippen LogP contribution in [-0.2, 0) is 16.1 Å². The highest BCUT2D eigenvalue weighted by atomic mass is 16.5. The molecule has 1 aliphatic rings. The number of rotatable bonds is 4. The van der Waals surface area contributed by atoms with Gasteiger partial charge >= 0.3 is 12.0 Å². The van der Waals surface area contributed by atoms with Crippen molar-refractivity contribution in [3.05, 3.63) is 18.0 Å². The number of nitrogens with one attached hydrogen (secondary N) is 3. The second-order valence-electron chi connectivity index (χ2n) is 4.72. The zero-order valence-electron chi connectivity index (χ0n) is 10.5. The largest absolute Gasteiger partial charge is 0.481 e. The molecule has 0 radical (unpaired) electrons. The van der Waals surface area contributed by atoms with Crippen LogP contribution in [0.25, 0.3) is 0 Å². The lowest BCUT2D eigenvalue weighted by atomic mass is 9.85. The minimum absolute atomic E-state index is 0.0923. The number of amides is 2. The van der Waals surface area contributed by atoms with Gasteiger partial charge in [-0.15, -0.1) is 0 Å². The van der Waals surface area contributed by atoms with Crippen molar-refractivity contribution in [2.75, 3.05) is 13.2 Å². The lowest BCUT2D eigenvalue weighted by Gasteiger charge is -2.25. The normalized spacial score (nSPS) is 26.1. The lowest BCUT2D eigenvalue weighted by Crippen LogP contribution is -2.52. The van der Waals surface area contributed by atoms with Gasteiger partial charge < -0.3 is 20.5 Å². The number of H-pyrrole nitrogens is 1. The topological polar surface area (TPSA) is 116 Å². The Hall–Kier alpha value is -2.09. The van der Waals surface area contributed by atoms with E-state index in [9.17, 15) is 14.7 Å². The molecule has 2 rings (SSSR count). The standard InChI is InChI=1S/C11H16N4O4/c1-11(9(16)17)6-19-5-8(11)15-10(18)12-2-7-3-13-14-4-7/h3-4,8H,2,5-6H2,1H3,(H,13,14)(H,16,17)(H2,12,15,18). The van der Waals surface area contributed by atoms with Crippen LogP contribution in [0.5, 0.6) is 0 Å². The Morgan fingerprint density at radius 2 is 2.47 bits per heavy atom. The fourth-order valence-electron chi connectivity index (χ4n) is 1.85. The molecule has 8 nitrogen and oxygen atoms in total. The van der Waals surface area contributed by atoms with Crippen molar-refractivity contribution in [1.29, 1.82) is 0 Å². The number of nitrogens with zero attached hydrogens (tertiary/aromatic N) is 1. The Morgan fingerprint density at radius 1 is 1.68 bits per heavy atom. The highest BCUT2D eigenvalue weighted by molar-refractivity contribution is 5.79. The Morgan fingerprint density at radius 3 is 3.11 bits per heavy atom. The third-order valence-electron chi connectivity index (χ3n) is 3.26. The molecule has 2 atom stereocenters. The number of carboxylic acids is 1. The summed E-state index contributed by atoms with van der Waals surface area (Å²) in [6, 6.07) is -0.974. The molecule has 1 fully saturated rings. The quantitative estimate of drug-likeness (QED) is 0.598. The maximum Gasteiger partial charge on any atom is 0.315 e. The van der Waals surface area contributed by atoms with E-state index < -0.39 is 23.5 Å². The SMILES string of the molecule is CC1(C(=O)O)COCC1NC(=O)NCc1cn[nH]c1. The van der Waals surface area contributed by atoms with Gasteiger partial charge in [0.25, 0.3) is 0 Å². The molecule has 2 amide bonds. The number of ether oxygens (including phenoxy) is 1. The number of carboxylic acid groups (broad SMARTS) is 1. The number of hydrogen-bond acceptors (Lipinski definition) is 4. The van der Waals surface area contributed by atoms with Crippen molar-refractivity contribution < 1.29 is 19.4 Å². The van der Waals surface area contributed by atoms with Crippen LogP contribution in [0.2, 0.25) is 0 Å². The van der Waals surface area contributed by atoms with E-state index in [1.54, 1.807) is 19.3 Å². The van der Waals surface area contributed by atoms with Crippen LogP contribution in [-0.4, -0.2) is 46.6 Å². The zero-order valence-corrected chi connectivity index (χ0v) is 10.5. The fourth-order valence-corrected chi connectivity index (χ4v) is 1.85. The van der Waals surface area contributed by atoms with Crippen molar-refractivity contribution in [2.24, 2.45) is 5.41 Å². The molecule has 1 saturated heterocycles. The smallest absolute Gasteiger partial charge is 0.315 e. The Labute approximate surface area is 109 Å². The van der Waals surface area contributed by atoms with Crippen molar-refractivity contribution in [3.8, 4) is 0 Å². The third kappa shape index (κ3) is 2.84. The molecule has 104 valence electrons. The highest BCUT2D eigenvalue weighted by Crippen LogP contribution is 2.28. The average molecular weight is 268 g/mol. The predicted octanol–water partition coefficient (Wildman–Crippen LogP) is -0.301. The summed E-state index contributed by atoms with van der Waals surface area (Å²) in [4.78, 5) is 22.9.